The normalized spacial score (nSPS) is 14.5. The lowest BCUT2D eigenvalue weighted by atomic mass is 10.1. The molecule has 0 aliphatic carbocycles. The van der Waals surface area contributed by atoms with Crippen molar-refractivity contribution in [3.63, 3.8) is 0 Å². The van der Waals surface area contributed by atoms with Crippen molar-refractivity contribution in [1.29, 1.82) is 0 Å². The fourth-order valence-electron chi connectivity index (χ4n) is 5.48. The number of carbonyl (C=O) groups excluding carboxylic acids is 1. The molecule has 1 amide bonds. The van der Waals surface area contributed by atoms with Crippen LogP contribution < -0.4 is 19.3 Å². The average Bonchev–Trinajstić information content (AvgIpc) is 3.22. The molecule has 14 heteroatoms. The van der Waals surface area contributed by atoms with Crippen LogP contribution in [0.1, 0.15) is 123 Å². The van der Waals surface area contributed by atoms with E-state index in [2.05, 4.69) is 38.2 Å². The zero-order valence-corrected chi connectivity index (χ0v) is 37.4. The van der Waals surface area contributed by atoms with Crippen LogP contribution in [-0.2, 0) is 22.7 Å². The van der Waals surface area contributed by atoms with Crippen molar-refractivity contribution in [3.8, 4) is 17.2 Å². The lowest BCUT2D eigenvalue weighted by Gasteiger charge is -2.24. The molecule has 0 bridgehead atoms. The van der Waals surface area contributed by atoms with Crippen LogP contribution in [0, 0.1) is 0 Å². The van der Waals surface area contributed by atoms with Crippen LogP contribution in [0.4, 0.5) is 17.1 Å². The molecule has 0 aromatic heterocycles. The molecule has 54 heavy (non-hydrogen) atoms. The fraction of sp³-hybridized carbons (Fsp3) is 0.525. The number of hydrogen-bond acceptors (Lipinski definition) is 10. The number of nitrogens with zero attached hydrogens (tertiary/aromatic N) is 1. The van der Waals surface area contributed by atoms with Crippen molar-refractivity contribution >= 4 is 47.8 Å². The summed E-state index contributed by atoms with van der Waals surface area (Å²) < 4.78 is 56.1. The number of phosphoric ester groups is 1. The Morgan fingerprint density at radius 1 is 0.815 bits per heavy atom. The topological polar surface area (TPSA) is 133 Å². The van der Waals surface area contributed by atoms with E-state index in [1.54, 1.807) is 24.3 Å². The van der Waals surface area contributed by atoms with E-state index in [0.717, 1.165) is 56.9 Å². The van der Waals surface area contributed by atoms with Gasteiger partial charge in [-0.15, -0.1) is 0 Å². The maximum absolute atomic E-state index is 14.5. The Kier molecular flexibility index (Phi) is 18.8. The van der Waals surface area contributed by atoms with Gasteiger partial charge in [0, 0.05) is 18.7 Å². The molecule has 2 aromatic carbocycles. The fourth-order valence-corrected chi connectivity index (χ4v) is 8.89. The second-order valence-electron chi connectivity index (χ2n) is 14.0. The van der Waals surface area contributed by atoms with Crippen molar-refractivity contribution in [1.82, 2.24) is 0 Å². The maximum Gasteiger partial charge on any atom is 0.530 e. The number of nitrogens with one attached hydrogen (secondary N) is 1. The molecule has 0 spiro atoms. The highest BCUT2D eigenvalue weighted by Crippen LogP contribution is 2.54. The second kappa shape index (κ2) is 22.4. The summed E-state index contributed by atoms with van der Waals surface area (Å²) in [5.74, 6) is -0.500. The largest absolute Gasteiger partial charge is 0.530 e. The second-order valence-corrected chi connectivity index (χ2v) is 20.8. The summed E-state index contributed by atoms with van der Waals surface area (Å²) in [6.07, 6.45) is 14.8. The molecule has 0 saturated carbocycles. The number of anilines is 3. The average molecular weight is 805 g/mol. The number of hydrogen-bond donors (Lipinski definition) is 2. The molecule has 1 atom stereocenters. The molecule has 0 saturated heterocycles. The highest BCUT2D eigenvalue weighted by atomic mass is 31.4. The van der Waals surface area contributed by atoms with Crippen LogP contribution in [-0.4, -0.2) is 47.3 Å². The summed E-state index contributed by atoms with van der Waals surface area (Å²) in [6, 6.07) is 7.78. The molecule has 1 aliphatic heterocycles. The minimum absolute atomic E-state index is 0.00687. The predicted molar refractivity (Wildman–Crippen MR) is 224 cm³/mol. The Balaban J connectivity index is 2.04. The molecule has 1 heterocycles. The van der Waals surface area contributed by atoms with Gasteiger partial charge in [-0.25, -0.2) is 4.57 Å². The van der Waals surface area contributed by atoms with Crippen LogP contribution >= 0.6 is 15.0 Å². The highest BCUT2D eigenvalue weighted by Gasteiger charge is 2.34. The first kappa shape index (κ1) is 45.3. The van der Waals surface area contributed by atoms with E-state index in [0.29, 0.717) is 19.4 Å². The van der Waals surface area contributed by atoms with Gasteiger partial charge in [0.05, 0.1) is 36.8 Å². The molecule has 0 fully saturated rings. The Bertz CT molecular complexity index is 1730. The van der Waals surface area contributed by atoms with Gasteiger partial charge in [0.15, 0.2) is 15.7 Å². The zero-order valence-electron chi connectivity index (χ0n) is 33.6. The highest BCUT2D eigenvalue weighted by molar-refractivity contribution is 7.79. The zero-order chi connectivity index (χ0) is 39.7. The van der Waals surface area contributed by atoms with Gasteiger partial charge in [0.2, 0.25) is 0 Å². The van der Waals surface area contributed by atoms with Gasteiger partial charge in [-0.1, -0.05) is 81.0 Å². The van der Waals surface area contributed by atoms with E-state index >= 15 is 0 Å². The monoisotopic (exact) mass is 804 g/mol. The summed E-state index contributed by atoms with van der Waals surface area (Å²) in [4.78, 5) is 16.0. The van der Waals surface area contributed by atoms with Crippen LogP contribution in [0.2, 0.25) is 0 Å². The van der Waals surface area contributed by atoms with Crippen molar-refractivity contribution in [2.75, 3.05) is 36.6 Å². The Morgan fingerprint density at radius 2 is 1.41 bits per heavy atom. The first-order chi connectivity index (χ1) is 25.7. The smallest absolute Gasteiger partial charge is 0.506 e. The molecular formula is C40H62N2O9P2Si. The first-order valence-electron chi connectivity index (χ1n) is 19.3. The van der Waals surface area contributed by atoms with Crippen LogP contribution in [0.3, 0.4) is 0 Å². The minimum atomic E-state index is -4.09. The van der Waals surface area contributed by atoms with Crippen molar-refractivity contribution in [2.45, 2.75) is 113 Å². The number of fused-ring (bicyclic) bond motifs is 2. The van der Waals surface area contributed by atoms with Gasteiger partial charge < -0.3 is 28.9 Å². The Labute approximate surface area is 325 Å². The lowest BCUT2D eigenvalue weighted by Crippen LogP contribution is -2.30. The number of carbonyl (C=O) groups is 1. The Morgan fingerprint density at radius 3 is 2.02 bits per heavy atom. The number of unbranched alkanes of at least 4 members (excludes halogenated alkanes) is 3. The molecule has 0 radical (unpaired) electrons. The summed E-state index contributed by atoms with van der Waals surface area (Å²) >= 11 is 0. The molecule has 1 unspecified atom stereocenters. The number of allylic oxidation sites excluding steroid dienone is 5. The van der Waals surface area contributed by atoms with E-state index in [9.17, 15) is 19.0 Å². The third-order valence-electron chi connectivity index (χ3n) is 8.66. The summed E-state index contributed by atoms with van der Waals surface area (Å²) in [5, 5.41) is 14.7. The van der Waals surface area contributed by atoms with Crippen molar-refractivity contribution in [2.24, 2.45) is 0 Å². The molecule has 1 aliphatic rings. The van der Waals surface area contributed by atoms with Crippen LogP contribution in [0.5, 0.6) is 17.2 Å². The third kappa shape index (κ3) is 14.5. The number of phenolic OH excluding ortho intramolecular Hbond substituents is 1. The van der Waals surface area contributed by atoms with E-state index < -0.39 is 20.9 Å². The van der Waals surface area contributed by atoms with Gasteiger partial charge in [0.25, 0.3) is 5.91 Å². The molecule has 3 rings (SSSR count). The van der Waals surface area contributed by atoms with Gasteiger partial charge in [-0.2, -0.15) is 0 Å². The van der Waals surface area contributed by atoms with E-state index in [4.69, 9.17) is 22.6 Å². The molecule has 300 valence electrons. The van der Waals surface area contributed by atoms with E-state index in [-0.39, 0.29) is 69.5 Å². The van der Waals surface area contributed by atoms with Crippen LogP contribution in [0.15, 0.2) is 65.3 Å². The molecular weight excluding hydrogens is 742 g/mol. The number of phenols is 1. The van der Waals surface area contributed by atoms with Gasteiger partial charge in [-0.05, 0) is 84.8 Å². The van der Waals surface area contributed by atoms with Crippen molar-refractivity contribution in [3.05, 3.63) is 70.8 Å². The molecule has 2 N–H and O–H groups in total. The first-order valence-corrected chi connectivity index (χ1v) is 25.4. The standard InChI is InChI=1S/C40H62N2O9P2Si/c1-8-11-25-47-52(45,48-26-12-9-2)50-33-28-35-39(36(43)29-33)41-38-34(21-16-22-37(38)51-53(46,54)49-27-13-10-3)40(44)42(35)24-23-32(7)20-15-19-31(6)18-14-17-30(4)5/h16-17,19,21-23,28-29,41,43H,8-15,18,20,24-27H2,1-7,54H3/b31-19+,32-23+. The molecule has 11 nitrogen and oxygen atoms in total. The number of phosphoric acid groups is 1. The number of aromatic hydroxyl groups is 1. The quantitative estimate of drug-likeness (QED) is 0.0347. The number of benzene rings is 2. The van der Waals surface area contributed by atoms with Gasteiger partial charge in [0.1, 0.15) is 17.2 Å². The predicted octanol–water partition coefficient (Wildman–Crippen LogP) is 11.3. The summed E-state index contributed by atoms with van der Waals surface area (Å²) in [5.41, 5.74) is 4.70. The van der Waals surface area contributed by atoms with Gasteiger partial charge in [-0.3, -0.25) is 18.4 Å². The van der Waals surface area contributed by atoms with E-state index in [1.807, 2.05) is 33.8 Å². The molecule has 2 aromatic rings. The van der Waals surface area contributed by atoms with Gasteiger partial charge >= 0.3 is 15.0 Å². The maximum atomic E-state index is 14.5. The summed E-state index contributed by atoms with van der Waals surface area (Å²) in [6.45, 7) is 15.2. The van der Waals surface area contributed by atoms with Crippen molar-refractivity contribution < 1.29 is 41.6 Å². The number of rotatable bonds is 24. The third-order valence-corrected chi connectivity index (χ3v) is 12.6. The van der Waals surface area contributed by atoms with E-state index in [1.165, 1.54) is 22.1 Å². The number of amides is 1. The Hall–Kier alpha value is -3.11. The minimum Gasteiger partial charge on any atom is -0.506 e. The van der Waals surface area contributed by atoms with Crippen LogP contribution in [0.25, 0.3) is 0 Å². The number of para-hydroxylation sites is 1. The summed E-state index contributed by atoms with van der Waals surface area (Å²) in [7, 11) is -7.39. The SMILES string of the molecule is CCCCOP(=O)([SiH3])Oc1cccc2c1Nc1c(O)cc(OP(=O)(OCCCC)OCCCC)cc1N(C/C=C(\C)CC/C=C(\C)CCC=C(C)C)C2=O. The lowest BCUT2D eigenvalue weighted by molar-refractivity contribution is 0.0990.